The molecule has 0 aromatic rings. The van der Waals surface area contributed by atoms with Crippen molar-refractivity contribution in [1.82, 2.24) is 0 Å². The molecule has 0 aliphatic carbocycles. The Labute approximate surface area is 146 Å². The van der Waals surface area contributed by atoms with Crippen LogP contribution >= 0.6 is 0 Å². The van der Waals surface area contributed by atoms with Gasteiger partial charge in [0.1, 0.15) is 0 Å². The van der Waals surface area contributed by atoms with E-state index in [2.05, 4.69) is 54.5 Å². The SMILES string of the molecule is CC/C=C(/[CH2][Sn]([CH2]CCC)([CH2]CCC)[CH2]CCC)C(C)(C)C. The monoisotopic (exact) mass is 416 g/mol. The van der Waals surface area contributed by atoms with Gasteiger partial charge in [-0.05, 0) is 0 Å². The first kappa shape index (κ1) is 22.5. The molecule has 0 aliphatic rings. The van der Waals surface area contributed by atoms with Gasteiger partial charge in [0, 0.05) is 0 Å². The summed E-state index contributed by atoms with van der Waals surface area (Å²) in [4.78, 5) is 0. The predicted octanol–water partition coefficient (Wildman–Crippen LogP) is 8.22. The van der Waals surface area contributed by atoms with E-state index in [1.807, 2.05) is 0 Å². The average Bonchev–Trinajstić information content (AvgIpc) is 2.47. The summed E-state index contributed by atoms with van der Waals surface area (Å²) in [5, 5.41) is 0. The molecule has 0 rings (SSSR count). The Kier molecular flexibility index (Phi) is 12.3. The molecule has 22 heavy (non-hydrogen) atoms. The Bertz CT molecular complexity index is 274. The molecule has 0 radical (unpaired) electrons. The van der Waals surface area contributed by atoms with Crippen molar-refractivity contribution < 1.29 is 0 Å². The second-order valence-electron chi connectivity index (χ2n) is 8.38. The van der Waals surface area contributed by atoms with Gasteiger partial charge in [0.25, 0.3) is 0 Å². The summed E-state index contributed by atoms with van der Waals surface area (Å²) in [5.41, 5.74) is 2.18. The van der Waals surface area contributed by atoms with Gasteiger partial charge in [-0.15, -0.1) is 0 Å². The third-order valence-corrected chi connectivity index (χ3v) is 20.5. The Balaban J connectivity index is 5.32. The maximum absolute atomic E-state index is 2.58. The summed E-state index contributed by atoms with van der Waals surface area (Å²) in [6.45, 7) is 16.8. The molecule has 0 N–H and O–H groups in total. The molecular formula is C21H44Sn. The Morgan fingerprint density at radius 2 is 1.18 bits per heavy atom. The van der Waals surface area contributed by atoms with E-state index in [1.165, 1.54) is 44.9 Å². The number of hydrogen-bond acceptors (Lipinski definition) is 0. The van der Waals surface area contributed by atoms with Crippen molar-refractivity contribution in [3.05, 3.63) is 11.6 Å². The van der Waals surface area contributed by atoms with Crippen LogP contribution in [0.15, 0.2) is 11.6 Å². The van der Waals surface area contributed by atoms with Crippen molar-refractivity contribution in [2.75, 3.05) is 0 Å². The van der Waals surface area contributed by atoms with E-state index in [1.54, 1.807) is 23.3 Å². The number of rotatable bonds is 12. The van der Waals surface area contributed by atoms with E-state index in [9.17, 15) is 0 Å². The van der Waals surface area contributed by atoms with Crippen molar-refractivity contribution >= 4 is 18.4 Å². The van der Waals surface area contributed by atoms with Crippen molar-refractivity contribution in [1.29, 1.82) is 0 Å². The molecule has 0 aromatic heterocycles. The van der Waals surface area contributed by atoms with Gasteiger partial charge in [-0.2, -0.15) is 0 Å². The van der Waals surface area contributed by atoms with Crippen molar-refractivity contribution in [3.8, 4) is 0 Å². The molecule has 0 fully saturated rings. The van der Waals surface area contributed by atoms with Crippen LogP contribution in [0.3, 0.4) is 0 Å². The van der Waals surface area contributed by atoms with Crippen LogP contribution in [-0.2, 0) is 0 Å². The molecule has 0 heterocycles. The third kappa shape index (κ3) is 8.99. The normalized spacial score (nSPS) is 13.7. The minimum absolute atomic E-state index is 0.378. The van der Waals surface area contributed by atoms with Gasteiger partial charge in [-0.3, -0.25) is 0 Å². The topological polar surface area (TPSA) is 0 Å². The molecule has 0 nitrogen and oxygen atoms in total. The number of unbranched alkanes of at least 4 members (excludes halogenated alkanes) is 3. The fourth-order valence-electron chi connectivity index (χ4n) is 3.59. The molecule has 132 valence electrons. The zero-order valence-electron chi connectivity index (χ0n) is 16.9. The van der Waals surface area contributed by atoms with Crippen molar-refractivity contribution in [3.63, 3.8) is 0 Å². The zero-order chi connectivity index (χ0) is 17.1. The van der Waals surface area contributed by atoms with Gasteiger partial charge >= 0.3 is 147 Å². The average molecular weight is 415 g/mol. The van der Waals surface area contributed by atoms with Crippen LogP contribution in [-0.4, -0.2) is 18.4 Å². The van der Waals surface area contributed by atoms with Gasteiger partial charge in [-0.25, -0.2) is 0 Å². The summed E-state index contributed by atoms with van der Waals surface area (Å²) >= 11 is -2.01. The molecule has 1 heteroatoms. The number of allylic oxidation sites excluding steroid dienone is 2. The van der Waals surface area contributed by atoms with E-state index in [-0.39, 0.29) is 0 Å². The van der Waals surface area contributed by atoms with Crippen LogP contribution in [0.25, 0.3) is 0 Å². The minimum atomic E-state index is -2.01. The molecule has 0 bridgehead atoms. The second-order valence-corrected chi connectivity index (χ2v) is 22.2. The molecule has 0 atom stereocenters. The quantitative estimate of drug-likeness (QED) is 0.223. The van der Waals surface area contributed by atoms with Gasteiger partial charge < -0.3 is 0 Å². The van der Waals surface area contributed by atoms with Crippen molar-refractivity contribution in [2.24, 2.45) is 5.41 Å². The van der Waals surface area contributed by atoms with E-state index in [4.69, 9.17) is 0 Å². The standard InChI is InChI=1S/C9H17.3C4H9.Sn/c1-6-7-8(2)9(3,4)5;3*1-3-4-2;/h7H,2,6H2,1,3-5H3;3*1,3-4H2,2H3;/b8-7-;;;;. The summed E-state index contributed by atoms with van der Waals surface area (Å²) < 4.78 is 6.47. The van der Waals surface area contributed by atoms with E-state index >= 15 is 0 Å². The van der Waals surface area contributed by atoms with Crippen LogP contribution in [0.4, 0.5) is 0 Å². The van der Waals surface area contributed by atoms with Crippen LogP contribution in [0.2, 0.25) is 17.7 Å². The van der Waals surface area contributed by atoms with E-state index in [0.717, 1.165) is 0 Å². The maximum atomic E-state index is 2.58. The first-order valence-corrected chi connectivity index (χ1v) is 18.1. The molecule has 0 spiro atoms. The Morgan fingerprint density at radius 3 is 1.45 bits per heavy atom. The van der Waals surface area contributed by atoms with Crippen LogP contribution in [0, 0.1) is 5.41 Å². The van der Waals surface area contributed by atoms with E-state index in [0.29, 0.717) is 5.41 Å². The first-order chi connectivity index (χ1) is 10.3. The summed E-state index contributed by atoms with van der Waals surface area (Å²) in [6.07, 6.45) is 12.4. The van der Waals surface area contributed by atoms with Gasteiger partial charge in [0.05, 0.1) is 0 Å². The summed E-state index contributed by atoms with van der Waals surface area (Å²) in [5.74, 6) is 0. The fourth-order valence-corrected chi connectivity index (χ4v) is 20.9. The summed E-state index contributed by atoms with van der Waals surface area (Å²) in [6, 6.07) is 0. The van der Waals surface area contributed by atoms with Crippen LogP contribution < -0.4 is 0 Å². The molecule has 0 aliphatic heterocycles. The predicted molar refractivity (Wildman–Crippen MR) is 108 cm³/mol. The van der Waals surface area contributed by atoms with Gasteiger partial charge in [0.15, 0.2) is 0 Å². The summed E-state index contributed by atoms with van der Waals surface area (Å²) in [7, 11) is 0. The van der Waals surface area contributed by atoms with Gasteiger partial charge in [-0.1, -0.05) is 0 Å². The molecule has 0 saturated carbocycles. The third-order valence-electron chi connectivity index (χ3n) is 5.16. The molecule has 0 saturated heterocycles. The first-order valence-electron chi connectivity index (χ1n) is 10.0. The number of hydrogen-bond donors (Lipinski definition) is 0. The van der Waals surface area contributed by atoms with Crippen LogP contribution in [0.1, 0.15) is 93.4 Å². The molecule has 0 aromatic carbocycles. The van der Waals surface area contributed by atoms with Crippen LogP contribution in [0.5, 0.6) is 0 Å². The second kappa shape index (κ2) is 12.0. The van der Waals surface area contributed by atoms with Crippen molar-refractivity contribution in [2.45, 2.75) is 111 Å². The Hall–Kier alpha value is 0.539. The van der Waals surface area contributed by atoms with Gasteiger partial charge in [0.2, 0.25) is 0 Å². The van der Waals surface area contributed by atoms with E-state index < -0.39 is 18.4 Å². The fraction of sp³-hybridized carbons (Fsp3) is 0.905. The molecule has 0 amide bonds. The zero-order valence-corrected chi connectivity index (χ0v) is 19.7. The molecule has 0 unspecified atom stereocenters. The molecular weight excluding hydrogens is 371 g/mol. The Morgan fingerprint density at radius 1 is 0.773 bits per heavy atom.